The number of methoxy groups -OCH3 is 2. The first-order chi connectivity index (χ1) is 12.9. The number of nitrogens with one attached hydrogen (secondary N) is 1. The molecule has 0 bridgehead atoms. The van der Waals surface area contributed by atoms with E-state index in [9.17, 15) is 8.42 Å². The van der Waals surface area contributed by atoms with Crippen molar-refractivity contribution in [2.75, 3.05) is 27.0 Å². The van der Waals surface area contributed by atoms with Gasteiger partial charge in [0.1, 0.15) is 5.01 Å². The molecule has 0 aliphatic heterocycles. The van der Waals surface area contributed by atoms with Gasteiger partial charge < -0.3 is 9.47 Å². The zero-order chi connectivity index (χ0) is 19.4. The van der Waals surface area contributed by atoms with Gasteiger partial charge in [-0.25, -0.2) is 18.1 Å². The zero-order valence-corrected chi connectivity index (χ0v) is 17.6. The Morgan fingerprint density at radius 1 is 1.11 bits per heavy atom. The lowest BCUT2D eigenvalue weighted by Crippen LogP contribution is -2.23. The molecule has 2 heterocycles. The van der Waals surface area contributed by atoms with Crippen molar-refractivity contribution < 1.29 is 17.9 Å². The molecule has 6 nitrogen and oxygen atoms in total. The molecule has 9 heteroatoms. The number of aromatic nitrogens is 1. The van der Waals surface area contributed by atoms with Crippen molar-refractivity contribution in [1.29, 1.82) is 0 Å². The predicted molar refractivity (Wildman–Crippen MR) is 111 cm³/mol. The molecule has 3 aromatic rings. The number of benzene rings is 1. The third kappa shape index (κ3) is 5.07. The van der Waals surface area contributed by atoms with Crippen LogP contribution in [-0.4, -0.2) is 40.4 Å². The number of sulfonamides is 1. The summed E-state index contributed by atoms with van der Waals surface area (Å²) >= 11 is 3.19. The Balaban J connectivity index is 1.74. The number of hydrogen-bond acceptors (Lipinski definition) is 7. The van der Waals surface area contributed by atoms with E-state index in [0.717, 1.165) is 32.3 Å². The van der Waals surface area contributed by atoms with Crippen LogP contribution < -0.4 is 14.2 Å². The Morgan fingerprint density at radius 2 is 1.89 bits per heavy atom. The summed E-state index contributed by atoms with van der Waals surface area (Å²) in [5, 5.41) is 2.93. The first-order valence-corrected chi connectivity index (χ1v) is 11.7. The Morgan fingerprint density at radius 3 is 2.59 bits per heavy atom. The molecule has 0 aliphatic rings. The van der Waals surface area contributed by atoms with E-state index >= 15 is 0 Å². The molecule has 27 heavy (non-hydrogen) atoms. The van der Waals surface area contributed by atoms with Crippen LogP contribution in [0.2, 0.25) is 0 Å². The Hall–Kier alpha value is -1.94. The number of thiazole rings is 1. The Bertz CT molecular complexity index is 1020. The van der Waals surface area contributed by atoms with Gasteiger partial charge in [-0.3, -0.25) is 0 Å². The highest BCUT2D eigenvalue weighted by molar-refractivity contribution is 7.88. The van der Waals surface area contributed by atoms with Crippen molar-refractivity contribution >= 4 is 32.7 Å². The monoisotopic (exact) mass is 424 g/mol. The molecule has 0 fully saturated rings. The molecule has 1 N–H and O–H groups in total. The summed E-state index contributed by atoms with van der Waals surface area (Å²) in [6, 6.07) is 9.78. The fourth-order valence-corrected chi connectivity index (χ4v) is 4.83. The summed E-state index contributed by atoms with van der Waals surface area (Å²) in [6.07, 6.45) is 1.82. The highest BCUT2D eigenvalue weighted by atomic mass is 32.2. The van der Waals surface area contributed by atoms with E-state index in [4.69, 9.17) is 14.5 Å². The second kappa shape index (κ2) is 8.39. The number of thiophene rings is 1. The molecule has 0 spiro atoms. The van der Waals surface area contributed by atoms with E-state index in [1.165, 1.54) is 0 Å². The molecule has 0 aliphatic carbocycles. The van der Waals surface area contributed by atoms with Gasteiger partial charge in [-0.2, -0.15) is 0 Å². The molecule has 0 atom stereocenters. The van der Waals surface area contributed by atoms with Gasteiger partial charge in [0.05, 0.1) is 31.0 Å². The van der Waals surface area contributed by atoms with Crippen LogP contribution in [-0.2, 0) is 16.4 Å². The van der Waals surface area contributed by atoms with Crippen molar-refractivity contribution in [2.45, 2.75) is 6.42 Å². The average molecular weight is 425 g/mol. The summed E-state index contributed by atoms with van der Waals surface area (Å²) in [5.41, 5.74) is 1.88. The van der Waals surface area contributed by atoms with Gasteiger partial charge in [-0.1, -0.05) is 0 Å². The number of hydrogen-bond donors (Lipinski definition) is 1. The van der Waals surface area contributed by atoms with Crippen molar-refractivity contribution in [2.24, 2.45) is 0 Å². The minimum atomic E-state index is -3.15. The van der Waals surface area contributed by atoms with Crippen LogP contribution in [0.3, 0.4) is 0 Å². The normalized spacial score (nSPS) is 11.5. The van der Waals surface area contributed by atoms with Crippen molar-refractivity contribution in [3.63, 3.8) is 0 Å². The van der Waals surface area contributed by atoms with E-state index in [0.29, 0.717) is 24.5 Å². The number of nitrogens with zero attached hydrogens (tertiary/aromatic N) is 1. The van der Waals surface area contributed by atoms with Gasteiger partial charge in [-0.15, -0.1) is 22.7 Å². The minimum absolute atomic E-state index is 0.396. The van der Waals surface area contributed by atoms with E-state index < -0.39 is 10.0 Å². The molecule has 0 saturated heterocycles. The second-order valence-electron chi connectivity index (χ2n) is 5.79. The molecule has 0 amide bonds. The van der Waals surface area contributed by atoms with Gasteiger partial charge in [0.15, 0.2) is 11.5 Å². The molecular formula is C18H20N2O4S3. The van der Waals surface area contributed by atoms with Crippen LogP contribution in [0.1, 0.15) is 4.88 Å². The largest absolute Gasteiger partial charge is 0.493 e. The highest BCUT2D eigenvalue weighted by Crippen LogP contribution is 2.36. The molecule has 3 rings (SSSR count). The second-order valence-corrected chi connectivity index (χ2v) is 9.65. The summed E-state index contributed by atoms with van der Waals surface area (Å²) in [5.74, 6) is 1.35. The summed E-state index contributed by atoms with van der Waals surface area (Å²) in [7, 11) is 0.0688. The maximum absolute atomic E-state index is 11.1. The Kier molecular flexibility index (Phi) is 6.15. The maximum atomic E-state index is 11.1. The van der Waals surface area contributed by atoms with Crippen molar-refractivity contribution in [3.05, 3.63) is 40.6 Å². The highest BCUT2D eigenvalue weighted by Gasteiger charge is 2.12. The minimum Gasteiger partial charge on any atom is -0.493 e. The summed E-state index contributed by atoms with van der Waals surface area (Å²) in [6.45, 7) is 0.396. The number of rotatable bonds is 8. The SMILES string of the molecule is COc1ccc(-c2nc(-c3ccc(CCNS(C)(=O)=O)s3)cs2)cc1OC. The van der Waals surface area contributed by atoms with E-state index in [-0.39, 0.29) is 0 Å². The Labute approximate surface area is 166 Å². The standard InChI is InChI=1S/C18H20N2O4S3/c1-23-15-6-4-12(10-16(15)24-2)18-20-14(11-25-18)17-7-5-13(26-17)8-9-19-27(3,21)22/h4-7,10-11,19H,8-9H2,1-3H3. The summed E-state index contributed by atoms with van der Waals surface area (Å²) < 4.78 is 35.4. The quantitative estimate of drug-likeness (QED) is 0.597. The van der Waals surface area contributed by atoms with E-state index in [1.807, 2.05) is 35.7 Å². The van der Waals surface area contributed by atoms with Gasteiger partial charge in [0.2, 0.25) is 10.0 Å². The van der Waals surface area contributed by atoms with Crippen LogP contribution in [0.4, 0.5) is 0 Å². The summed E-state index contributed by atoms with van der Waals surface area (Å²) in [4.78, 5) is 6.91. The molecule has 144 valence electrons. The lowest BCUT2D eigenvalue weighted by molar-refractivity contribution is 0.355. The van der Waals surface area contributed by atoms with Crippen molar-refractivity contribution in [3.8, 4) is 32.6 Å². The third-order valence-corrected chi connectivity index (χ3v) is 6.57. The van der Waals surface area contributed by atoms with Gasteiger partial charge in [0.25, 0.3) is 0 Å². The van der Waals surface area contributed by atoms with Crippen LogP contribution in [0.5, 0.6) is 11.5 Å². The molecular weight excluding hydrogens is 404 g/mol. The van der Waals surface area contributed by atoms with Gasteiger partial charge in [0, 0.05) is 22.4 Å². The van der Waals surface area contributed by atoms with Gasteiger partial charge in [-0.05, 0) is 36.8 Å². The fourth-order valence-electron chi connectivity index (χ4n) is 2.50. The first kappa shape index (κ1) is 19.8. The first-order valence-electron chi connectivity index (χ1n) is 8.11. The zero-order valence-electron chi connectivity index (χ0n) is 15.2. The lowest BCUT2D eigenvalue weighted by Gasteiger charge is -2.08. The molecule has 2 aromatic heterocycles. The average Bonchev–Trinajstić information content (AvgIpc) is 3.29. The van der Waals surface area contributed by atoms with Crippen LogP contribution >= 0.6 is 22.7 Å². The molecule has 0 saturated carbocycles. The van der Waals surface area contributed by atoms with Crippen LogP contribution in [0, 0.1) is 0 Å². The maximum Gasteiger partial charge on any atom is 0.208 e. The third-order valence-electron chi connectivity index (χ3n) is 3.78. The molecule has 0 unspecified atom stereocenters. The van der Waals surface area contributed by atoms with Crippen LogP contribution in [0.15, 0.2) is 35.7 Å². The smallest absolute Gasteiger partial charge is 0.208 e. The molecule has 0 radical (unpaired) electrons. The lowest BCUT2D eigenvalue weighted by atomic mass is 10.2. The van der Waals surface area contributed by atoms with E-state index in [1.54, 1.807) is 36.9 Å². The fraction of sp³-hybridized carbons (Fsp3) is 0.278. The number of ether oxygens (including phenoxy) is 2. The van der Waals surface area contributed by atoms with Gasteiger partial charge >= 0.3 is 0 Å². The van der Waals surface area contributed by atoms with Crippen LogP contribution in [0.25, 0.3) is 21.1 Å². The van der Waals surface area contributed by atoms with Crippen molar-refractivity contribution in [1.82, 2.24) is 9.71 Å². The molecule has 1 aromatic carbocycles. The van der Waals surface area contributed by atoms with E-state index in [2.05, 4.69) is 4.72 Å². The predicted octanol–water partition coefficient (Wildman–Crippen LogP) is 3.65. The topological polar surface area (TPSA) is 77.5 Å².